The largest absolute Gasteiger partial charge is 0.507 e. The van der Waals surface area contributed by atoms with Crippen molar-refractivity contribution in [2.75, 3.05) is 34.5 Å². The molecule has 0 radical (unpaired) electrons. The van der Waals surface area contributed by atoms with E-state index in [0.717, 1.165) is 12.8 Å². The van der Waals surface area contributed by atoms with Gasteiger partial charge in [-0.3, -0.25) is 9.59 Å². The van der Waals surface area contributed by atoms with Gasteiger partial charge in [0.05, 0.1) is 39.0 Å². The molecular formula is C25H27NO7. The third-order valence-electron chi connectivity index (χ3n) is 6.05. The molecule has 2 aromatic carbocycles. The summed E-state index contributed by atoms with van der Waals surface area (Å²) in [5, 5.41) is 11.2. The topological polar surface area (TPSA) is 94.5 Å². The van der Waals surface area contributed by atoms with Gasteiger partial charge in [-0.05, 0) is 54.8 Å². The van der Waals surface area contributed by atoms with Crippen LogP contribution in [0.4, 0.5) is 0 Å². The Balaban J connectivity index is 1.83. The van der Waals surface area contributed by atoms with Crippen LogP contribution in [0, 0.1) is 0 Å². The molecule has 8 heteroatoms. The second kappa shape index (κ2) is 9.54. The minimum absolute atomic E-state index is 0.0235. The van der Waals surface area contributed by atoms with Gasteiger partial charge in [0.2, 0.25) is 0 Å². The highest BCUT2D eigenvalue weighted by Gasteiger charge is 2.47. The van der Waals surface area contributed by atoms with Crippen LogP contribution in [0.2, 0.25) is 0 Å². The number of nitrogens with zero attached hydrogens (tertiary/aromatic N) is 1. The number of likely N-dealkylation sites (tertiary alicyclic amines) is 1. The van der Waals surface area contributed by atoms with E-state index >= 15 is 0 Å². The van der Waals surface area contributed by atoms with Crippen molar-refractivity contribution in [2.24, 2.45) is 0 Å². The number of benzene rings is 2. The Bertz CT molecular complexity index is 1070. The fourth-order valence-corrected chi connectivity index (χ4v) is 4.35. The van der Waals surface area contributed by atoms with E-state index in [1.54, 1.807) is 49.6 Å². The first-order valence-electron chi connectivity index (χ1n) is 10.7. The summed E-state index contributed by atoms with van der Waals surface area (Å²) in [5.74, 6) is -0.0523. The first-order valence-corrected chi connectivity index (χ1v) is 10.7. The van der Waals surface area contributed by atoms with E-state index < -0.39 is 17.7 Å². The third-order valence-corrected chi connectivity index (χ3v) is 6.05. The number of hydrogen-bond donors (Lipinski definition) is 1. The summed E-state index contributed by atoms with van der Waals surface area (Å²) in [6.45, 7) is 0.879. The normalized spacial score (nSPS) is 22.0. The average Bonchev–Trinajstić information content (AvgIpc) is 3.45. The summed E-state index contributed by atoms with van der Waals surface area (Å²) in [6, 6.07) is 11.1. The number of carbonyl (C=O) groups excluding carboxylic acids is 2. The highest BCUT2D eigenvalue weighted by Crippen LogP contribution is 2.42. The lowest BCUT2D eigenvalue weighted by Gasteiger charge is -2.28. The second-order valence-corrected chi connectivity index (χ2v) is 7.93. The van der Waals surface area contributed by atoms with Crippen LogP contribution in [0.5, 0.6) is 17.2 Å². The van der Waals surface area contributed by atoms with Gasteiger partial charge in [0.1, 0.15) is 11.5 Å². The number of aliphatic hydroxyl groups excluding tert-OH is 1. The molecule has 8 nitrogen and oxygen atoms in total. The zero-order chi connectivity index (χ0) is 23.5. The number of amides is 1. The van der Waals surface area contributed by atoms with E-state index in [1.807, 2.05) is 0 Å². The van der Waals surface area contributed by atoms with Crippen molar-refractivity contribution < 1.29 is 33.6 Å². The number of ketones is 1. The van der Waals surface area contributed by atoms with E-state index in [-0.39, 0.29) is 24.0 Å². The van der Waals surface area contributed by atoms with Crippen LogP contribution in [0.25, 0.3) is 5.76 Å². The summed E-state index contributed by atoms with van der Waals surface area (Å²) < 4.78 is 21.7. The summed E-state index contributed by atoms with van der Waals surface area (Å²) in [7, 11) is 4.59. The fourth-order valence-electron chi connectivity index (χ4n) is 4.35. The van der Waals surface area contributed by atoms with Gasteiger partial charge in [-0.15, -0.1) is 0 Å². The highest BCUT2D eigenvalue weighted by molar-refractivity contribution is 6.46. The molecule has 174 valence electrons. The van der Waals surface area contributed by atoms with E-state index in [4.69, 9.17) is 18.9 Å². The third kappa shape index (κ3) is 4.26. The first kappa shape index (κ1) is 22.7. The van der Waals surface area contributed by atoms with Crippen LogP contribution in [0.15, 0.2) is 48.0 Å². The molecule has 2 saturated heterocycles. The lowest BCUT2D eigenvalue weighted by Crippen LogP contribution is -2.36. The summed E-state index contributed by atoms with van der Waals surface area (Å²) in [5.41, 5.74) is 1.06. The molecule has 2 atom stereocenters. The maximum Gasteiger partial charge on any atom is 0.295 e. The monoisotopic (exact) mass is 453 g/mol. The maximum absolute atomic E-state index is 13.2. The van der Waals surface area contributed by atoms with Gasteiger partial charge in [-0.25, -0.2) is 0 Å². The molecule has 2 unspecified atom stereocenters. The number of hydrogen-bond acceptors (Lipinski definition) is 7. The number of ether oxygens (including phenoxy) is 4. The molecule has 2 aliphatic heterocycles. The average molecular weight is 453 g/mol. The zero-order valence-electron chi connectivity index (χ0n) is 18.9. The smallest absolute Gasteiger partial charge is 0.295 e. The van der Waals surface area contributed by atoms with Crippen molar-refractivity contribution in [1.82, 2.24) is 4.90 Å². The molecule has 2 aliphatic rings. The molecule has 0 aromatic heterocycles. The van der Waals surface area contributed by atoms with Crippen molar-refractivity contribution >= 4 is 17.4 Å². The summed E-state index contributed by atoms with van der Waals surface area (Å²) >= 11 is 0. The van der Waals surface area contributed by atoms with Crippen molar-refractivity contribution in [3.05, 3.63) is 59.2 Å². The quantitative estimate of drug-likeness (QED) is 0.390. The lowest BCUT2D eigenvalue weighted by molar-refractivity contribution is -0.140. The Morgan fingerprint density at radius 3 is 2.36 bits per heavy atom. The molecule has 4 rings (SSSR count). The SMILES string of the molecule is COc1ccc(/C(O)=C2\C(=O)C(=O)N(CC3CCCO3)C2c2ccc(OC)c(OC)c2)cc1. The maximum atomic E-state index is 13.2. The minimum atomic E-state index is -0.795. The van der Waals surface area contributed by atoms with Crippen LogP contribution in [-0.2, 0) is 14.3 Å². The Labute approximate surface area is 192 Å². The Morgan fingerprint density at radius 2 is 1.76 bits per heavy atom. The fraction of sp³-hybridized carbons (Fsp3) is 0.360. The standard InChI is InChI=1S/C25H27NO7/c1-30-17-9-6-15(7-10-17)23(27)21-22(16-8-11-19(31-2)20(13-16)32-3)26(25(29)24(21)28)14-18-5-4-12-33-18/h6-11,13,18,22,27H,4-5,12,14H2,1-3H3/b23-21+. The first-order chi connectivity index (χ1) is 16.0. The van der Waals surface area contributed by atoms with Crippen molar-refractivity contribution in [1.29, 1.82) is 0 Å². The predicted molar refractivity (Wildman–Crippen MR) is 121 cm³/mol. The second-order valence-electron chi connectivity index (χ2n) is 7.93. The van der Waals surface area contributed by atoms with E-state index in [2.05, 4.69) is 0 Å². The van der Waals surface area contributed by atoms with Crippen molar-refractivity contribution in [3.63, 3.8) is 0 Å². The molecule has 0 aliphatic carbocycles. The number of methoxy groups -OCH3 is 3. The lowest BCUT2D eigenvalue weighted by atomic mass is 9.94. The van der Waals surface area contributed by atoms with Crippen LogP contribution >= 0.6 is 0 Å². The molecular weight excluding hydrogens is 426 g/mol. The zero-order valence-corrected chi connectivity index (χ0v) is 18.9. The van der Waals surface area contributed by atoms with Gasteiger partial charge in [0, 0.05) is 18.7 Å². The number of aliphatic hydroxyl groups is 1. The van der Waals surface area contributed by atoms with E-state index in [0.29, 0.717) is 35.0 Å². The van der Waals surface area contributed by atoms with Gasteiger partial charge < -0.3 is 29.0 Å². The predicted octanol–water partition coefficient (Wildman–Crippen LogP) is 3.31. The number of carbonyl (C=O) groups is 2. The van der Waals surface area contributed by atoms with Gasteiger partial charge in [-0.1, -0.05) is 6.07 Å². The van der Waals surface area contributed by atoms with E-state index in [9.17, 15) is 14.7 Å². The molecule has 2 aromatic rings. The van der Waals surface area contributed by atoms with Gasteiger partial charge in [0.25, 0.3) is 11.7 Å². The molecule has 0 spiro atoms. The highest BCUT2D eigenvalue weighted by atomic mass is 16.5. The molecule has 1 amide bonds. The van der Waals surface area contributed by atoms with Crippen LogP contribution < -0.4 is 14.2 Å². The Morgan fingerprint density at radius 1 is 1.03 bits per heavy atom. The molecule has 2 heterocycles. The number of rotatable bonds is 7. The Kier molecular flexibility index (Phi) is 6.55. The van der Waals surface area contributed by atoms with Crippen molar-refractivity contribution in [3.8, 4) is 17.2 Å². The van der Waals surface area contributed by atoms with E-state index in [1.165, 1.54) is 19.1 Å². The molecule has 33 heavy (non-hydrogen) atoms. The van der Waals surface area contributed by atoms with Crippen LogP contribution in [-0.4, -0.2) is 62.3 Å². The van der Waals surface area contributed by atoms with Gasteiger partial charge >= 0.3 is 0 Å². The van der Waals surface area contributed by atoms with Crippen molar-refractivity contribution in [2.45, 2.75) is 25.0 Å². The van der Waals surface area contributed by atoms with Gasteiger partial charge in [-0.2, -0.15) is 0 Å². The molecule has 1 N–H and O–H groups in total. The molecule has 2 fully saturated rings. The summed E-state index contributed by atoms with van der Waals surface area (Å²) in [6.07, 6.45) is 1.55. The van der Waals surface area contributed by atoms with Gasteiger partial charge in [0.15, 0.2) is 11.5 Å². The number of Topliss-reactive ketones (excluding diaryl/α,β-unsaturated/α-hetero) is 1. The molecule has 0 saturated carbocycles. The van der Waals surface area contributed by atoms with Crippen LogP contribution in [0.3, 0.4) is 0 Å². The Hall–Kier alpha value is -3.52. The molecule has 0 bridgehead atoms. The van der Waals surface area contributed by atoms with Crippen LogP contribution in [0.1, 0.15) is 30.0 Å². The summed E-state index contributed by atoms with van der Waals surface area (Å²) in [4.78, 5) is 27.7. The minimum Gasteiger partial charge on any atom is -0.507 e.